The highest BCUT2D eigenvalue weighted by molar-refractivity contribution is 5.03. The van der Waals surface area contributed by atoms with Crippen molar-refractivity contribution >= 4 is 0 Å². The summed E-state index contributed by atoms with van der Waals surface area (Å²) < 4.78 is 0. The third-order valence-electron chi connectivity index (χ3n) is 1.66. The van der Waals surface area contributed by atoms with Crippen LogP contribution in [0, 0.1) is 0 Å². The van der Waals surface area contributed by atoms with Gasteiger partial charge in [-0.1, -0.05) is 20.4 Å². The first-order valence-electron chi connectivity index (χ1n) is 3.86. The molecule has 1 aliphatic rings. The second kappa shape index (κ2) is 3.06. The molecule has 2 heteroatoms. The van der Waals surface area contributed by atoms with Crippen molar-refractivity contribution < 1.29 is 0 Å². The third-order valence-corrected chi connectivity index (χ3v) is 1.66. The van der Waals surface area contributed by atoms with E-state index in [2.05, 4.69) is 31.1 Å². The lowest BCUT2D eigenvalue weighted by Crippen LogP contribution is -2.35. The molecule has 1 atom stereocenters. The summed E-state index contributed by atoms with van der Waals surface area (Å²) in [5.74, 6) is 0. The summed E-state index contributed by atoms with van der Waals surface area (Å²) in [6.45, 7) is 9.23. The number of hydrogen-bond acceptors (Lipinski definition) is 2. The van der Waals surface area contributed by atoms with Gasteiger partial charge in [-0.25, -0.2) is 0 Å². The Bertz CT molecular complexity index is 129. The molecule has 1 heterocycles. The van der Waals surface area contributed by atoms with Crippen LogP contribution in [0.1, 0.15) is 20.3 Å². The van der Waals surface area contributed by atoms with Crippen molar-refractivity contribution in [2.75, 3.05) is 6.54 Å². The predicted molar refractivity (Wildman–Crippen MR) is 43.8 cm³/mol. The van der Waals surface area contributed by atoms with Crippen molar-refractivity contribution in [3.63, 3.8) is 0 Å². The third kappa shape index (κ3) is 2.03. The van der Waals surface area contributed by atoms with Gasteiger partial charge >= 0.3 is 0 Å². The van der Waals surface area contributed by atoms with E-state index >= 15 is 0 Å². The topological polar surface area (TPSA) is 24.1 Å². The van der Waals surface area contributed by atoms with Crippen LogP contribution in [0.25, 0.3) is 0 Å². The lowest BCUT2D eigenvalue weighted by atomic mass is 10.2. The van der Waals surface area contributed by atoms with Crippen LogP contribution >= 0.6 is 0 Å². The zero-order valence-electron chi connectivity index (χ0n) is 6.78. The van der Waals surface area contributed by atoms with Crippen LogP contribution in [-0.4, -0.2) is 18.6 Å². The molecule has 2 nitrogen and oxygen atoms in total. The lowest BCUT2D eigenvalue weighted by molar-refractivity contribution is 0.491. The van der Waals surface area contributed by atoms with Crippen molar-refractivity contribution in [3.8, 4) is 0 Å². The summed E-state index contributed by atoms with van der Waals surface area (Å²) in [5, 5.41) is 6.67. The van der Waals surface area contributed by atoms with Gasteiger partial charge in [-0.2, -0.15) is 0 Å². The van der Waals surface area contributed by atoms with Crippen molar-refractivity contribution in [1.29, 1.82) is 0 Å². The van der Waals surface area contributed by atoms with Crippen LogP contribution in [-0.2, 0) is 0 Å². The van der Waals surface area contributed by atoms with Gasteiger partial charge in [0.2, 0.25) is 0 Å². The maximum atomic E-state index is 3.86. The van der Waals surface area contributed by atoms with Gasteiger partial charge in [0.1, 0.15) is 0 Å². The van der Waals surface area contributed by atoms with Crippen LogP contribution in [0.3, 0.4) is 0 Å². The quantitative estimate of drug-likeness (QED) is 0.594. The molecule has 1 saturated heterocycles. The minimum Gasteiger partial charge on any atom is -0.387 e. The minimum absolute atomic E-state index is 0.581. The zero-order valence-corrected chi connectivity index (χ0v) is 6.78. The molecule has 2 N–H and O–H groups in total. The Balaban J connectivity index is 2.24. The van der Waals surface area contributed by atoms with Crippen LogP contribution in [0.5, 0.6) is 0 Å². The molecule has 0 radical (unpaired) electrons. The van der Waals surface area contributed by atoms with Crippen LogP contribution in [0.4, 0.5) is 0 Å². The zero-order chi connectivity index (χ0) is 7.56. The molecule has 0 aromatic heterocycles. The van der Waals surface area contributed by atoms with Gasteiger partial charge in [-0.05, 0) is 0 Å². The number of rotatable bonds is 2. The molecule has 0 saturated carbocycles. The molecule has 1 fully saturated rings. The Hall–Kier alpha value is -0.500. The average molecular weight is 140 g/mol. The minimum atomic E-state index is 0.581. The molecule has 0 bridgehead atoms. The highest BCUT2D eigenvalue weighted by Crippen LogP contribution is 2.07. The number of hydrogen-bond donors (Lipinski definition) is 2. The van der Waals surface area contributed by atoms with E-state index in [4.69, 9.17) is 0 Å². The van der Waals surface area contributed by atoms with Crippen LogP contribution in [0.2, 0.25) is 0 Å². The molecule has 58 valence electrons. The highest BCUT2D eigenvalue weighted by atomic mass is 15.0. The molecule has 0 amide bonds. The normalized spacial score (nSPS) is 25.5. The van der Waals surface area contributed by atoms with E-state index in [1.54, 1.807) is 0 Å². The molecule has 10 heavy (non-hydrogen) atoms. The molecule has 0 spiro atoms. The smallest absolute Gasteiger partial charge is 0.0301 e. The van der Waals surface area contributed by atoms with Crippen LogP contribution < -0.4 is 10.6 Å². The molecular formula is C8H16N2. The Kier molecular flexibility index (Phi) is 2.33. The Morgan fingerprint density at radius 1 is 1.70 bits per heavy atom. The fraction of sp³-hybridized carbons (Fsp3) is 0.750. The van der Waals surface area contributed by atoms with Crippen molar-refractivity contribution in [2.45, 2.75) is 32.4 Å². The van der Waals surface area contributed by atoms with Crippen molar-refractivity contribution in [1.82, 2.24) is 10.6 Å². The van der Waals surface area contributed by atoms with Crippen LogP contribution in [0.15, 0.2) is 12.3 Å². The summed E-state index contributed by atoms with van der Waals surface area (Å²) in [7, 11) is 0. The largest absolute Gasteiger partial charge is 0.387 e. The Labute approximate surface area is 62.7 Å². The van der Waals surface area contributed by atoms with E-state index in [1.807, 2.05) is 0 Å². The molecule has 1 aliphatic heterocycles. The van der Waals surface area contributed by atoms with Gasteiger partial charge in [0.15, 0.2) is 0 Å². The Morgan fingerprint density at radius 2 is 2.40 bits per heavy atom. The second-order valence-electron chi connectivity index (χ2n) is 3.21. The lowest BCUT2D eigenvalue weighted by Gasteiger charge is -2.13. The Morgan fingerprint density at radius 3 is 2.80 bits per heavy atom. The van der Waals surface area contributed by atoms with Crippen molar-refractivity contribution in [3.05, 3.63) is 12.3 Å². The summed E-state index contributed by atoms with van der Waals surface area (Å²) in [6, 6.07) is 1.19. The SMILES string of the molecule is C=C1CC(NC(C)C)CN1. The highest BCUT2D eigenvalue weighted by Gasteiger charge is 2.16. The number of nitrogens with one attached hydrogen (secondary N) is 2. The van der Waals surface area contributed by atoms with Gasteiger partial charge in [-0.15, -0.1) is 0 Å². The van der Waals surface area contributed by atoms with Gasteiger partial charge in [0, 0.05) is 30.7 Å². The second-order valence-corrected chi connectivity index (χ2v) is 3.21. The first-order chi connectivity index (χ1) is 4.68. The van der Waals surface area contributed by atoms with E-state index in [9.17, 15) is 0 Å². The van der Waals surface area contributed by atoms with E-state index in [0.717, 1.165) is 18.7 Å². The first-order valence-corrected chi connectivity index (χ1v) is 3.86. The fourth-order valence-corrected chi connectivity index (χ4v) is 1.30. The van der Waals surface area contributed by atoms with Crippen molar-refractivity contribution in [2.24, 2.45) is 0 Å². The first kappa shape index (κ1) is 7.61. The summed E-state index contributed by atoms with van der Waals surface area (Å²) in [4.78, 5) is 0. The molecule has 1 rings (SSSR count). The van der Waals surface area contributed by atoms with E-state index in [1.165, 1.54) is 0 Å². The molecule has 0 aliphatic carbocycles. The maximum Gasteiger partial charge on any atom is 0.0301 e. The maximum absolute atomic E-state index is 3.86. The van der Waals surface area contributed by atoms with E-state index < -0.39 is 0 Å². The monoisotopic (exact) mass is 140 g/mol. The van der Waals surface area contributed by atoms with Gasteiger partial charge in [0.25, 0.3) is 0 Å². The molecule has 0 aromatic rings. The van der Waals surface area contributed by atoms with E-state index in [0.29, 0.717) is 12.1 Å². The molecule has 0 aromatic carbocycles. The predicted octanol–water partition coefficient (Wildman–Crippen LogP) is 0.860. The fourth-order valence-electron chi connectivity index (χ4n) is 1.30. The van der Waals surface area contributed by atoms with E-state index in [-0.39, 0.29) is 0 Å². The molecule has 1 unspecified atom stereocenters. The van der Waals surface area contributed by atoms with Gasteiger partial charge < -0.3 is 10.6 Å². The summed E-state index contributed by atoms with van der Waals surface area (Å²) in [5.41, 5.74) is 1.16. The molecular weight excluding hydrogens is 124 g/mol. The average Bonchev–Trinajstić information content (AvgIpc) is 2.13. The summed E-state index contributed by atoms with van der Waals surface area (Å²) >= 11 is 0. The summed E-state index contributed by atoms with van der Waals surface area (Å²) in [6.07, 6.45) is 1.08. The standard InChI is InChI=1S/C8H16N2/c1-6(2)10-8-4-7(3)9-5-8/h6,8-10H,3-5H2,1-2H3. The van der Waals surface area contributed by atoms with Gasteiger partial charge in [-0.3, -0.25) is 0 Å². The van der Waals surface area contributed by atoms with Gasteiger partial charge in [0.05, 0.1) is 0 Å².